The minimum atomic E-state index is -0.672. The van der Waals surface area contributed by atoms with Crippen LogP contribution in [0.15, 0.2) is 28.5 Å². The van der Waals surface area contributed by atoms with E-state index in [0.717, 1.165) is 56.9 Å². The maximum absolute atomic E-state index is 14.7. The molecule has 0 radical (unpaired) electrons. The van der Waals surface area contributed by atoms with Crippen LogP contribution in [0, 0.1) is 72.0 Å². The SMILES string of the molecule is CC1(C)CC[C@]2(CN(C=N)N=N)CC[C@]3(C)[C@H](C(=O)C=C4[C@@]5(C)C=C(C#N)C(=O)C(C)(C)C5CC[C@]43C)[C@]2(C)C1. The molecule has 0 aromatic heterocycles. The fourth-order valence-corrected chi connectivity index (χ4v) is 11.3. The van der Waals surface area contributed by atoms with E-state index in [4.69, 9.17) is 10.9 Å². The summed E-state index contributed by atoms with van der Waals surface area (Å²) in [5.74, 6) is -0.0726. The number of ketones is 2. The molecule has 3 fully saturated rings. The molecule has 0 saturated heterocycles. The second-order valence-corrected chi connectivity index (χ2v) is 16.1. The summed E-state index contributed by atoms with van der Waals surface area (Å²) < 4.78 is 0. The van der Waals surface area contributed by atoms with Gasteiger partial charge in [0.25, 0.3) is 0 Å². The van der Waals surface area contributed by atoms with Crippen molar-refractivity contribution in [1.29, 1.82) is 16.2 Å². The van der Waals surface area contributed by atoms with E-state index in [2.05, 4.69) is 52.8 Å². The van der Waals surface area contributed by atoms with Crippen molar-refractivity contribution in [3.63, 3.8) is 0 Å². The monoisotopic (exact) mass is 545 g/mol. The Labute approximate surface area is 239 Å². The highest BCUT2D eigenvalue weighted by molar-refractivity contribution is 6.04. The minimum absolute atomic E-state index is 0.0311. The fraction of sp³-hybridized carbons (Fsp3) is 0.758. The predicted octanol–water partition coefficient (Wildman–Crippen LogP) is 7.45. The maximum atomic E-state index is 14.7. The lowest BCUT2D eigenvalue weighted by Gasteiger charge is -2.72. The van der Waals surface area contributed by atoms with Crippen molar-refractivity contribution in [2.45, 2.75) is 100 Å². The largest absolute Gasteiger partial charge is 0.295 e. The van der Waals surface area contributed by atoms with Gasteiger partial charge in [-0.25, -0.2) is 5.01 Å². The highest BCUT2D eigenvalue weighted by atomic mass is 16.1. The number of fused-ring (bicyclic) bond motifs is 7. The van der Waals surface area contributed by atoms with Gasteiger partial charge in [0.05, 0.1) is 12.1 Å². The van der Waals surface area contributed by atoms with Gasteiger partial charge in [0.1, 0.15) is 12.4 Å². The topological polar surface area (TPSA) is 121 Å². The number of nitriles is 1. The molecule has 1 unspecified atom stereocenters. The highest BCUT2D eigenvalue weighted by Gasteiger charge is 2.73. The van der Waals surface area contributed by atoms with Gasteiger partial charge in [-0.15, -0.1) is 0 Å². The highest BCUT2D eigenvalue weighted by Crippen LogP contribution is 2.77. The minimum Gasteiger partial charge on any atom is -0.295 e. The third-order valence-electron chi connectivity index (χ3n) is 13.4. The molecule has 5 aliphatic rings. The van der Waals surface area contributed by atoms with Gasteiger partial charge in [0, 0.05) is 16.7 Å². The van der Waals surface area contributed by atoms with E-state index in [-0.39, 0.29) is 56.1 Å². The zero-order valence-corrected chi connectivity index (χ0v) is 25.7. The first-order valence-corrected chi connectivity index (χ1v) is 15.0. The summed E-state index contributed by atoms with van der Waals surface area (Å²) in [5.41, 5.74) is 6.79. The second-order valence-electron chi connectivity index (χ2n) is 16.1. The van der Waals surface area contributed by atoms with Crippen LogP contribution in [0.3, 0.4) is 0 Å². The van der Waals surface area contributed by atoms with E-state index in [1.165, 1.54) is 5.01 Å². The lowest BCUT2D eigenvalue weighted by Crippen LogP contribution is -2.69. The van der Waals surface area contributed by atoms with Crippen LogP contribution >= 0.6 is 0 Å². The molecule has 5 rings (SSSR count). The number of rotatable bonds is 4. The van der Waals surface area contributed by atoms with Gasteiger partial charge in [-0.3, -0.25) is 15.0 Å². The van der Waals surface area contributed by atoms with Gasteiger partial charge < -0.3 is 0 Å². The van der Waals surface area contributed by atoms with Gasteiger partial charge in [0.2, 0.25) is 0 Å². The molecular formula is C33H47N5O2. The van der Waals surface area contributed by atoms with Crippen LogP contribution in [0.1, 0.15) is 100 Å². The van der Waals surface area contributed by atoms with Crippen LogP contribution in [-0.4, -0.2) is 29.5 Å². The third kappa shape index (κ3) is 3.37. The summed E-state index contributed by atoms with van der Waals surface area (Å²) in [6, 6.07) is 2.19. The quantitative estimate of drug-likeness (QED) is 0.165. The maximum Gasteiger partial charge on any atom is 0.178 e. The predicted molar refractivity (Wildman–Crippen MR) is 154 cm³/mol. The van der Waals surface area contributed by atoms with E-state index in [0.29, 0.717) is 6.54 Å². The zero-order chi connectivity index (χ0) is 29.7. The molecular weight excluding hydrogens is 498 g/mol. The summed E-state index contributed by atoms with van der Waals surface area (Å²) >= 11 is 0. The Hall–Kier alpha value is -2.62. The molecule has 0 heterocycles. The number of allylic oxidation sites excluding steroid dienone is 4. The van der Waals surface area contributed by atoms with Crippen molar-refractivity contribution < 1.29 is 9.59 Å². The smallest absolute Gasteiger partial charge is 0.178 e. The number of hydrogen-bond donors (Lipinski definition) is 2. The molecule has 0 bridgehead atoms. The van der Waals surface area contributed by atoms with E-state index < -0.39 is 10.8 Å². The molecule has 216 valence electrons. The first-order valence-electron chi connectivity index (χ1n) is 15.0. The molecule has 2 N–H and O–H groups in total. The number of nitrogens with one attached hydrogen (secondary N) is 2. The first kappa shape index (κ1) is 28.9. The summed E-state index contributed by atoms with van der Waals surface area (Å²) in [6.07, 6.45) is 11.5. The number of Topliss-reactive ketones (excluding diaryl/α,β-unsaturated/α-hetero) is 1. The van der Waals surface area contributed by atoms with Crippen LogP contribution in [-0.2, 0) is 9.59 Å². The van der Waals surface area contributed by atoms with Gasteiger partial charge >= 0.3 is 0 Å². The van der Waals surface area contributed by atoms with Crippen LogP contribution in [0.4, 0.5) is 0 Å². The molecule has 0 amide bonds. The molecule has 0 aromatic carbocycles. The second kappa shape index (κ2) is 8.46. The molecule has 7 heteroatoms. The number of hydrogen-bond acceptors (Lipinski definition) is 6. The van der Waals surface area contributed by atoms with Crippen LogP contribution in [0.2, 0.25) is 0 Å². The van der Waals surface area contributed by atoms with Gasteiger partial charge in [0.15, 0.2) is 11.6 Å². The first-order chi connectivity index (χ1) is 18.4. The van der Waals surface area contributed by atoms with Crippen LogP contribution in [0.5, 0.6) is 0 Å². The fourth-order valence-electron chi connectivity index (χ4n) is 11.3. The zero-order valence-electron chi connectivity index (χ0n) is 25.7. The lowest BCUT2D eigenvalue weighted by atomic mass is 9.31. The van der Waals surface area contributed by atoms with Crippen molar-refractivity contribution >= 4 is 17.9 Å². The lowest BCUT2D eigenvalue weighted by molar-refractivity contribution is -0.209. The number of carbonyl (C=O) groups excluding carboxylic acids is 2. The third-order valence-corrected chi connectivity index (χ3v) is 13.4. The molecule has 0 aromatic rings. The summed E-state index contributed by atoms with van der Waals surface area (Å²) in [4.78, 5) is 28.0. The Bertz CT molecular complexity index is 1300. The molecule has 7 nitrogen and oxygen atoms in total. The van der Waals surface area contributed by atoms with Crippen molar-refractivity contribution in [2.75, 3.05) is 6.54 Å². The molecule has 5 aliphatic carbocycles. The number of carbonyl (C=O) groups is 2. The Morgan fingerprint density at radius 2 is 1.68 bits per heavy atom. The van der Waals surface area contributed by atoms with Crippen molar-refractivity contribution in [2.24, 2.45) is 55.0 Å². The van der Waals surface area contributed by atoms with E-state index in [9.17, 15) is 14.9 Å². The molecule has 7 atom stereocenters. The van der Waals surface area contributed by atoms with E-state index >= 15 is 0 Å². The Kier molecular flexibility index (Phi) is 6.11. The average molecular weight is 546 g/mol. The average Bonchev–Trinajstić information content (AvgIpc) is 2.86. The van der Waals surface area contributed by atoms with Crippen molar-refractivity contribution in [3.8, 4) is 6.07 Å². The standard InChI is InChI=1S/C33H47N5O2/c1-27(2)11-13-33(19-38(20-35)37-36)14-12-31(7)25(32(33,8)18-27)22(39)15-24-29(5)16-21(17-34)26(40)28(3,4)23(29)9-10-30(24,31)6/h15-16,20,23,25,35-36H,9-14,18-19H2,1-8H3/t23?,25-,29-,30+,31+,32-,33+/m0/s1. The van der Waals surface area contributed by atoms with Crippen LogP contribution < -0.4 is 0 Å². The van der Waals surface area contributed by atoms with Crippen LogP contribution in [0.25, 0.3) is 0 Å². The molecule has 0 spiro atoms. The summed E-state index contributed by atoms with van der Waals surface area (Å²) in [5, 5.41) is 22.9. The van der Waals surface area contributed by atoms with Crippen molar-refractivity contribution in [3.05, 3.63) is 23.3 Å². The normalized spacial score (nSPS) is 44.9. The van der Waals surface area contributed by atoms with E-state index in [1.54, 1.807) is 0 Å². The summed E-state index contributed by atoms with van der Waals surface area (Å²) in [6.45, 7) is 18.3. The van der Waals surface area contributed by atoms with Gasteiger partial charge in [-0.05, 0) is 84.0 Å². The van der Waals surface area contributed by atoms with Crippen molar-refractivity contribution in [1.82, 2.24) is 5.01 Å². The summed E-state index contributed by atoms with van der Waals surface area (Å²) in [7, 11) is 0. The Morgan fingerprint density at radius 3 is 2.27 bits per heavy atom. The van der Waals surface area contributed by atoms with Gasteiger partial charge in [-0.1, -0.05) is 72.3 Å². The molecule has 0 aliphatic heterocycles. The Morgan fingerprint density at radius 1 is 1.02 bits per heavy atom. The Balaban J connectivity index is 1.72. The number of nitrogens with zero attached hydrogens (tertiary/aromatic N) is 3. The molecule has 3 saturated carbocycles. The molecule has 40 heavy (non-hydrogen) atoms. The van der Waals surface area contributed by atoms with E-state index in [1.807, 2.05) is 26.0 Å². The van der Waals surface area contributed by atoms with Gasteiger partial charge in [-0.2, -0.15) is 10.8 Å².